The molecule has 1 aliphatic rings. The first-order valence-electron chi connectivity index (χ1n) is 6.99. The first-order chi connectivity index (χ1) is 8.96. The van der Waals surface area contributed by atoms with Crippen molar-refractivity contribution in [3.05, 3.63) is 12.3 Å². The largest absolute Gasteiger partial charge is 0.444 e. The third-order valence-corrected chi connectivity index (χ3v) is 3.22. The molecule has 5 heteroatoms. The maximum absolute atomic E-state index is 11.8. The van der Waals surface area contributed by atoms with Gasteiger partial charge >= 0.3 is 6.09 Å². The van der Waals surface area contributed by atoms with E-state index in [1.54, 1.807) is 6.20 Å². The van der Waals surface area contributed by atoms with Gasteiger partial charge in [0.05, 0.1) is 12.2 Å². The first-order valence-corrected chi connectivity index (χ1v) is 6.99. The van der Waals surface area contributed by atoms with Crippen LogP contribution in [0.3, 0.4) is 0 Å². The summed E-state index contributed by atoms with van der Waals surface area (Å²) in [5.74, 6) is 0.723. The van der Waals surface area contributed by atoms with Crippen LogP contribution in [-0.4, -0.2) is 21.5 Å². The minimum Gasteiger partial charge on any atom is -0.444 e. The maximum atomic E-state index is 11.8. The number of rotatable bonds is 2. The van der Waals surface area contributed by atoms with Crippen LogP contribution in [-0.2, 0) is 4.74 Å². The summed E-state index contributed by atoms with van der Waals surface area (Å²) in [6, 6.07) is 2.21. The van der Waals surface area contributed by atoms with Gasteiger partial charge in [-0.25, -0.2) is 9.48 Å². The van der Waals surface area contributed by atoms with Gasteiger partial charge in [0, 0.05) is 6.07 Å². The third-order valence-electron chi connectivity index (χ3n) is 3.22. The number of carbonyl (C=O) groups is 1. The zero-order valence-electron chi connectivity index (χ0n) is 12.0. The molecule has 19 heavy (non-hydrogen) atoms. The second-order valence-electron chi connectivity index (χ2n) is 6.08. The normalized spacial score (nSPS) is 17.2. The highest BCUT2D eigenvalue weighted by molar-refractivity contribution is 5.83. The molecule has 1 fully saturated rings. The summed E-state index contributed by atoms with van der Waals surface area (Å²) in [4.78, 5) is 11.8. The SMILES string of the molecule is CC(C)(C)OC(=O)Nc1ccnn1C1CCCCC1. The average molecular weight is 265 g/mol. The van der Waals surface area contributed by atoms with Crippen molar-refractivity contribution in [2.45, 2.75) is 64.5 Å². The molecule has 1 N–H and O–H groups in total. The Hall–Kier alpha value is -1.52. The molecule has 1 heterocycles. The Labute approximate surface area is 114 Å². The van der Waals surface area contributed by atoms with Crippen LogP contribution in [0, 0.1) is 0 Å². The number of amides is 1. The van der Waals surface area contributed by atoms with Gasteiger partial charge in [-0.1, -0.05) is 19.3 Å². The molecule has 106 valence electrons. The van der Waals surface area contributed by atoms with Gasteiger partial charge in [-0.15, -0.1) is 0 Å². The summed E-state index contributed by atoms with van der Waals surface area (Å²) in [5, 5.41) is 7.12. The van der Waals surface area contributed by atoms with Crippen LogP contribution in [0.15, 0.2) is 12.3 Å². The fraction of sp³-hybridized carbons (Fsp3) is 0.714. The van der Waals surface area contributed by atoms with E-state index in [2.05, 4.69) is 10.4 Å². The van der Waals surface area contributed by atoms with E-state index in [9.17, 15) is 4.79 Å². The topological polar surface area (TPSA) is 56.1 Å². The van der Waals surface area contributed by atoms with Crippen molar-refractivity contribution in [1.29, 1.82) is 0 Å². The van der Waals surface area contributed by atoms with Crippen LogP contribution in [0.1, 0.15) is 58.9 Å². The Kier molecular flexibility index (Phi) is 4.12. The van der Waals surface area contributed by atoms with E-state index in [0.29, 0.717) is 6.04 Å². The molecule has 0 saturated heterocycles. The predicted octanol–water partition coefficient (Wildman–Crippen LogP) is 3.74. The highest BCUT2D eigenvalue weighted by atomic mass is 16.6. The molecule has 1 aliphatic carbocycles. The Morgan fingerprint density at radius 1 is 1.37 bits per heavy atom. The van der Waals surface area contributed by atoms with Crippen LogP contribution in [0.4, 0.5) is 10.6 Å². The number of anilines is 1. The molecule has 0 aromatic carbocycles. The number of nitrogens with zero attached hydrogens (tertiary/aromatic N) is 2. The molecule has 1 aromatic rings. The summed E-state index contributed by atoms with van der Waals surface area (Å²) >= 11 is 0. The van der Waals surface area contributed by atoms with Gasteiger partial charge in [-0.2, -0.15) is 5.10 Å². The lowest BCUT2D eigenvalue weighted by atomic mass is 9.96. The highest BCUT2D eigenvalue weighted by Gasteiger charge is 2.21. The van der Waals surface area contributed by atoms with E-state index in [-0.39, 0.29) is 0 Å². The van der Waals surface area contributed by atoms with Gasteiger partial charge < -0.3 is 4.74 Å². The maximum Gasteiger partial charge on any atom is 0.413 e. The van der Waals surface area contributed by atoms with Crippen LogP contribution in [0.25, 0.3) is 0 Å². The molecule has 0 aliphatic heterocycles. The highest BCUT2D eigenvalue weighted by Crippen LogP contribution is 2.29. The van der Waals surface area contributed by atoms with Gasteiger partial charge in [0.2, 0.25) is 0 Å². The molecule has 0 unspecified atom stereocenters. The summed E-state index contributed by atoms with van der Waals surface area (Å²) in [7, 11) is 0. The van der Waals surface area contributed by atoms with Gasteiger partial charge in [-0.3, -0.25) is 5.32 Å². The van der Waals surface area contributed by atoms with Gasteiger partial charge in [0.15, 0.2) is 0 Å². The standard InChI is InChI=1S/C14H23N3O2/c1-14(2,3)19-13(18)16-12-9-10-15-17(12)11-7-5-4-6-8-11/h9-11H,4-8H2,1-3H3,(H,16,18). The van der Waals surface area contributed by atoms with Crippen molar-refractivity contribution in [2.24, 2.45) is 0 Å². The molecule has 0 radical (unpaired) electrons. The minimum absolute atomic E-state index is 0.397. The van der Waals surface area contributed by atoms with Crippen molar-refractivity contribution in [2.75, 3.05) is 5.32 Å². The molecule has 1 aromatic heterocycles. The van der Waals surface area contributed by atoms with E-state index >= 15 is 0 Å². The van der Waals surface area contributed by atoms with Crippen molar-refractivity contribution in [3.8, 4) is 0 Å². The molecule has 0 atom stereocenters. The number of aromatic nitrogens is 2. The van der Waals surface area contributed by atoms with Crippen molar-refractivity contribution < 1.29 is 9.53 Å². The number of nitrogens with one attached hydrogen (secondary N) is 1. The lowest BCUT2D eigenvalue weighted by Crippen LogP contribution is -2.28. The quantitative estimate of drug-likeness (QED) is 0.886. The van der Waals surface area contributed by atoms with E-state index in [1.165, 1.54) is 19.3 Å². The molecule has 2 rings (SSSR count). The van der Waals surface area contributed by atoms with E-state index in [4.69, 9.17) is 4.74 Å². The second-order valence-corrected chi connectivity index (χ2v) is 6.08. The summed E-state index contributed by atoms with van der Waals surface area (Å²) < 4.78 is 7.18. The Morgan fingerprint density at radius 3 is 2.68 bits per heavy atom. The lowest BCUT2D eigenvalue weighted by Gasteiger charge is -2.24. The van der Waals surface area contributed by atoms with E-state index in [1.807, 2.05) is 31.5 Å². The zero-order valence-corrected chi connectivity index (χ0v) is 12.0. The van der Waals surface area contributed by atoms with Crippen molar-refractivity contribution in [3.63, 3.8) is 0 Å². The van der Waals surface area contributed by atoms with Crippen molar-refractivity contribution >= 4 is 11.9 Å². The first kappa shape index (κ1) is 13.9. The van der Waals surface area contributed by atoms with Gasteiger partial charge in [0.1, 0.15) is 11.4 Å². The average Bonchev–Trinajstić information content (AvgIpc) is 2.75. The monoisotopic (exact) mass is 265 g/mol. The Balaban J connectivity index is 2.01. The van der Waals surface area contributed by atoms with Crippen LogP contribution in [0.2, 0.25) is 0 Å². The summed E-state index contributed by atoms with van der Waals surface area (Å²) in [6.45, 7) is 5.56. The predicted molar refractivity (Wildman–Crippen MR) is 74.2 cm³/mol. The van der Waals surface area contributed by atoms with Crippen LogP contribution in [0.5, 0.6) is 0 Å². The second kappa shape index (κ2) is 5.63. The van der Waals surface area contributed by atoms with Crippen LogP contribution < -0.4 is 5.32 Å². The summed E-state index contributed by atoms with van der Waals surface area (Å²) in [6.07, 6.45) is 7.32. The minimum atomic E-state index is -0.486. The van der Waals surface area contributed by atoms with E-state index < -0.39 is 11.7 Å². The Bertz CT molecular complexity index is 428. The fourth-order valence-corrected chi connectivity index (χ4v) is 2.44. The van der Waals surface area contributed by atoms with Gasteiger partial charge in [-0.05, 0) is 33.6 Å². The molecular weight excluding hydrogens is 242 g/mol. The Morgan fingerprint density at radius 2 is 2.05 bits per heavy atom. The van der Waals surface area contributed by atoms with E-state index in [0.717, 1.165) is 18.7 Å². The summed E-state index contributed by atoms with van der Waals surface area (Å²) in [5.41, 5.74) is -0.486. The lowest BCUT2D eigenvalue weighted by molar-refractivity contribution is 0.0634. The smallest absolute Gasteiger partial charge is 0.413 e. The van der Waals surface area contributed by atoms with Crippen LogP contribution >= 0.6 is 0 Å². The van der Waals surface area contributed by atoms with Crippen molar-refractivity contribution in [1.82, 2.24) is 9.78 Å². The number of hydrogen-bond donors (Lipinski definition) is 1. The zero-order chi connectivity index (χ0) is 13.9. The third kappa shape index (κ3) is 3.98. The fourth-order valence-electron chi connectivity index (χ4n) is 2.44. The van der Waals surface area contributed by atoms with Gasteiger partial charge in [0.25, 0.3) is 0 Å². The molecular formula is C14H23N3O2. The molecule has 1 saturated carbocycles. The number of ether oxygens (including phenoxy) is 1. The number of hydrogen-bond acceptors (Lipinski definition) is 3. The molecule has 5 nitrogen and oxygen atoms in total. The molecule has 0 bridgehead atoms. The molecule has 1 amide bonds. The number of carbonyl (C=O) groups excluding carboxylic acids is 1. The molecule has 0 spiro atoms.